The first-order valence-electron chi connectivity index (χ1n) is 27.5. The van der Waals surface area contributed by atoms with E-state index in [1.165, 1.54) is 6.92 Å². The SMILES string of the molecule is CC(=O)N[C@@H]1[C@@H](O[C@@H]2O[C@H](CO)[C@H](O)[C@H](O[C@@H]3O[C@H](CO)[C@@H](O)[C@H](O[C@@H]4O[C@H](CO)[C@H](O)[C@H](O)[C@H]4O[C@@H]4O[C@@H](C)[C@@H](O)[C@@H](O)[C@@H]4O)[C@H]3NC(C)=O)[C@H]2O)[C@@H](O)[C@@H](CO[C@@H]2O[C@H](CO)[C@@H](O[C@@H]3O[C@H](CO)[C@H](O)[C@H](O)[C@H]3O)[C@H](O)[C@H]2NC(C)=O)O[C@@H]1O. The number of amides is 3. The normalized spacial score (nSPS) is 49.4. The van der Waals surface area contributed by atoms with Crippen LogP contribution in [0.15, 0.2) is 0 Å². The molecule has 7 aliphatic heterocycles. The van der Waals surface area contributed by atoms with Crippen LogP contribution in [-0.2, 0) is 76.0 Å². The third-order valence-corrected chi connectivity index (χ3v) is 15.7. The highest BCUT2D eigenvalue weighted by Crippen LogP contribution is 2.37. The van der Waals surface area contributed by atoms with Gasteiger partial charge in [-0.25, -0.2) is 0 Å². The van der Waals surface area contributed by atoms with E-state index in [9.17, 15) is 111 Å². The highest BCUT2D eigenvalue weighted by molar-refractivity contribution is 5.74. The van der Waals surface area contributed by atoms with E-state index in [4.69, 9.17) is 61.6 Å². The maximum absolute atomic E-state index is 12.9. The standard InChI is InChI=1S/C48H81N3O35/c1-11-24(60)31(67)34(70)45(75-11)86-41-33(69)26(62)16(6-53)80-48(41)84-39-23(51-14(4)59)44(77-17(7-54)27(39)63)85-40-28(64)18(8-55)79-47(36(40)72)83-38-22(50-13(3)58)42(73)76-20(29(38)65)10-74-43-21(49-12(2)57)30(66)37(19(9-56)81-43)82-46-35(71)32(68)25(61)15(5-52)78-46/h11,15-48,52-56,60-73H,5-10H2,1-4H3,(H,49,57)(H,50,58)(H,51,59)/t11-,15+,16+,17+,18+,19+,20+,21+,22+,23+,24+,25-,26-,27+,28-,29-,30+,31+,32-,33-,34-,35+,36+,37+,38+,39+,40-,41+,42-,43+,44-,45-,46-,47-,48-/m0/s1. The van der Waals surface area contributed by atoms with E-state index < -0.39 is 272 Å². The van der Waals surface area contributed by atoms with Gasteiger partial charge in [-0.2, -0.15) is 0 Å². The maximum atomic E-state index is 12.9. The second-order valence-corrected chi connectivity index (χ2v) is 21.8. The summed E-state index contributed by atoms with van der Waals surface area (Å²) >= 11 is 0. The topological polar surface area (TPSA) is 592 Å². The summed E-state index contributed by atoms with van der Waals surface area (Å²) in [6.07, 6.45) is -60.6. The van der Waals surface area contributed by atoms with Gasteiger partial charge in [-0.3, -0.25) is 14.4 Å². The first-order valence-corrected chi connectivity index (χ1v) is 27.5. The molecule has 0 unspecified atom stereocenters. The summed E-state index contributed by atoms with van der Waals surface area (Å²) in [6, 6.07) is -5.26. The van der Waals surface area contributed by atoms with Crippen LogP contribution in [0.2, 0.25) is 0 Å². The molecular weight excluding hydrogens is 1180 g/mol. The first kappa shape index (κ1) is 70.6. The average molecular weight is 1260 g/mol. The van der Waals surface area contributed by atoms with Crippen LogP contribution in [0, 0.1) is 0 Å². The minimum absolute atomic E-state index is 0.795. The Labute approximate surface area is 488 Å². The average Bonchev–Trinajstić information content (AvgIpc) is 0.902. The number of aliphatic hydroxyl groups excluding tert-OH is 19. The van der Waals surface area contributed by atoms with Crippen molar-refractivity contribution in [1.29, 1.82) is 0 Å². The molecule has 498 valence electrons. The number of rotatable bonds is 21. The second-order valence-electron chi connectivity index (χ2n) is 21.8. The molecule has 22 N–H and O–H groups in total. The number of hydrogen-bond donors (Lipinski definition) is 22. The smallest absolute Gasteiger partial charge is 0.217 e. The lowest BCUT2D eigenvalue weighted by Gasteiger charge is -2.51. The van der Waals surface area contributed by atoms with Gasteiger partial charge in [-0.1, -0.05) is 0 Å². The Morgan fingerprint density at radius 1 is 0.326 bits per heavy atom. The van der Waals surface area contributed by atoms with E-state index in [1.807, 2.05) is 0 Å². The molecule has 7 heterocycles. The van der Waals surface area contributed by atoms with Crippen molar-refractivity contribution in [2.24, 2.45) is 0 Å². The van der Waals surface area contributed by atoms with Crippen LogP contribution in [-0.4, -0.2) is 369 Å². The molecule has 0 bridgehead atoms. The summed E-state index contributed by atoms with van der Waals surface area (Å²) < 4.78 is 75.3. The zero-order valence-electron chi connectivity index (χ0n) is 46.5. The Morgan fingerprint density at radius 3 is 1.27 bits per heavy atom. The Kier molecular flexibility index (Phi) is 25.0. The summed E-state index contributed by atoms with van der Waals surface area (Å²) in [4.78, 5) is 38.0. The zero-order chi connectivity index (χ0) is 63.5. The fourth-order valence-electron chi connectivity index (χ4n) is 11.0. The molecule has 0 radical (unpaired) electrons. The van der Waals surface area contributed by atoms with Crippen molar-refractivity contribution in [2.75, 3.05) is 39.6 Å². The number of aliphatic hydroxyl groups is 19. The summed E-state index contributed by atoms with van der Waals surface area (Å²) in [7, 11) is 0. The molecule has 0 aromatic carbocycles. The van der Waals surface area contributed by atoms with Gasteiger partial charge in [0.2, 0.25) is 17.7 Å². The van der Waals surface area contributed by atoms with Crippen molar-refractivity contribution in [2.45, 2.75) is 242 Å². The van der Waals surface area contributed by atoms with Gasteiger partial charge in [-0.05, 0) is 6.92 Å². The Morgan fingerprint density at radius 2 is 0.709 bits per heavy atom. The van der Waals surface area contributed by atoms with E-state index in [2.05, 4.69) is 16.0 Å². The van der Waals surface area contributed by atoms with E-state index in [1.54, 1.807) is 0 Å². The highest BCUT2D eigenvalue weighted by Gasteiger charge is 2.59. The molecule has 0 aromatic heterocycles. The summed E-state index contributed by atoms with van der Waals surface area (Å²) in [5.41, 5.74) is 0. The molecule has 3 amide bonds. The Bertz CT molecular complexity index is 2170. The number of carbonyl (C=O) groups is 3. The molecule has 7 fully saturated rings. The largest absolute Gasteiger partial charge is 0.394 e. The van der Waals surface area contributed by atoms with E-state index >= 15 is 0 Å². The van der Waals surface area contributed by atoms with Crippen molar-refractivity contribution in [3.05, 3.63) is 0 Å². The minimum Gasteiger partial charge on any atom is -0.394 e. The first-order chi connectivity index (χ1) is 40.6. The van der Waals surface area contributed by atoms with Crippen LogP contribution in [0.5, 0.6) is 0 Å². The van der Waals surface area contributed by atoms with Gasteiger partial charge >= 0.3 is 0 Å². The molecule has 38 nitrogen and oxygen atoms in total. The lowest BCUT2D eigenvalue weighted by Crippen LogP contribution is -2.71. The number of nitrogens with one attached hydrogen (secondary N) is 3. The third kappa shape index (κ3) is 15.4. The molecule has 38 heteroatoms. The van der Waals surface area contributed by atoms with Crippen LogP contribution in [0.3, 0.4) is 0 Å². The van der Waals surface area contributed by atoms with Crippen LogP contribution in [0.1, 0.15) is 27.7 Å². The predicted octanol–water partition coefficient (Wildman–Crippen LogP) is -14.8. The van der Waals surface area contributed by atoms with Gasteiger partial charge in [-0.15, -0.1) is 0 Å². The Balaban J connectivity index is 1.11. The van der Waals surface area contributed by atoms with Gasteiger partial charge in [0, 0.05) is 20.8 Å². The van der Waals surface area contributed by atoms with Crippen molar-refractivity contribution in [1.82, 2.24) is 16.0 Å². The number of carbonyl (C=O) groups excluding carboxylic acids is 3. The monoisotopic (exact) mass is 1260 g/mol. The second kappa shape index (κ2) is 30.5. The van der Waals surface area contributed by atoms with Crippen molar-refractivity contribution >= 4 is 17.7 Å². The predicted molar refractivity (Wildman–Crippen MR) is 265 cm³/mol. The molecular formula is C48H81N3O35. The molecule has 7 aliphatic rings. The Hall–Kier alpha value is -2.87. The van der Waals surface area contributed by atoms with Gasteiger partial charge in [0.25, 0.3) is 0 Å². The van der Waals surface area contributed by atoms with Crippen molar-refractivity contribution < 1.29 is 173 Å². The summed E-state index contributed by atoms with van der Waals surface area (Å²) in [6.45, 7) is -1.50. The summed E-state index contributed by atoms with van der Waals surface area (Å²) in [5, 5.41) is 213. The fourth-order valence-corrected chi connectivity index (χ4v) is 11.0. The minimum atomic E-state index is -2.31. The number of hydrogen-bond acceptors (Lipinski definition) is 35. The molecule has 0 saturated carbocycles. The third-order valence-electron chi connectivity index (χ3n) is 15.7. The van der Waals surface area contributed by atoms with Gasteiger partial charge in [0.1, 0.15) is 165 Å². The highest BCUT2D eigenvalue weighted by atomic mass is 16.8. The van der Waals surface area contributed by atoms with E-state index in [-0.39, 0.29) is 0 Å². The van der Waals surface area contributed by atoms with Crippen LogP contribution in [0.4, 0.5) is 0 Å². The summed E-state index contributed by atoms with van der Waals surface area (Å²) in [5.74, 6) is -2.54. The van der Waals surface area contributed by atoms with Crippen LogP contribution in [0.25, 0.3) is 0 Å². The van der Waals surface area contributed by atoms with E-state index in [0.29, 0.717) is 0 Å². The van der Waals surface area contributed by atoms with Gasteiger partial charge in [0.05, 0.1) is 45.7 Å². The molecule has 35 atom stereocenters. The molecule has 7 rings (SSSR count). The van der Waals surface area contributed by atoms with Gasteiger partial charge in [0.15, 0.2) is 44.0 Å². The quantitative estimate of drug-likeness (QED) is 0.0507. The maximum Gasteiger partial charge on any atom is 0.217 e. The lowest BCUT2D eigenvalue weighted by atomic mass is 9.94. The van der Waals surface area contributed by atoms with Gasteiger partial charge < -0.3 is 175 Å². The van der Waals surface area contributed by atoms with Crippen LogP contribution >= 0.6 is 0 Å². The molecule has 0 aromatic rings. The molecule has 0 spiro atoms. The fraction of sp³-hybridized carbons (Fsp3) is 0.938. The molecule has 7 saturated heterocycles. The van der Waals surface area contributed by atoms with Crippen molar-refractivity contribution in [3.63, 3.8) is 0 Å². The number of ether oxygens (including phenoxy) is 13. The molecule has 86 heavy (non-hydrogen) atoms. The molecule has 0 aliphatic carbocycles. The van der Waals surface area contributed by atoms with Crippen molar-refractivity contribution in [3.8, 4) is 0 Å². The van der Waals surface area contributed by atoms with E-state index in [0.717, 1.165) is 20.8 Å². The zero-order valence-corrected chi connectivity index (χ0v) is 46.5. The lowest BCUT2D eigenvalue weighted by molar-refractivity contribution is -0.388. The van der Waals surface area contributed by atoms with Crippen LogP contribution < -0.4 is 16.0 Å².